The Balaban J connectivity index is 1.66. The van der Waals surface area contributed by atoms with Gasteiger partial charge >= 0.3 is 0 Å². The van der Waals surface area contributed by atoms with Gasteiger partial charge in [0.15, 0.2) is 6.61 Å². The van der Waals surface area contributed by atoms with Gasteiger partial charge < -0.3 is 15.0 Å². The Labute approximate surface area is 232 Å². The van der Waals surface area contributed by atoms with E-state index in [-0.39, 0.29) is 25.0 Å². The molecule has 0 aliphatic rings. The van der Waals surface area contributed by atoms with Crippen LogP contribution in [0.15, 0.2) is 102 Å². The van der Waals surface area contributed by atoms with E-state index in [1.807, 2.05) is 118 Å². The molecule has 0 aliphatic carbocycles. The highest BCUT2D eigenvalue weighted by Gasteiger charge is 2.32. The average molecular weight is 574 g/mol. The number of benzene rings is 4. The van der Waals surface area contributed by atoms with Gasteiger partial charge in [0.1, 0.15) is 11.8 Å². The third-order valence-electron chi connectivity index (χ3n) is 6.11. The van der Waals surface area contributed by atoms with Crippen LogP contribution in [0.1, 0.15) is 31.9 Å². The van der Waals surface area contributed by atoms with Gasteiger partial charge in [-0.15, -0.1) is 0 Å². The van der Waals surface area contributed by atoms with Crippen molar-refractivity contribution in [1.82, 2.24) is 10.2 Å². The molecule has 196 valence electrons. The van der Waals surface area contributed by atoms with Crippen LogP contribution < -0.4 is 10.1 Å². The van der Waals surface area contributed by atoms with Crippen LogP contribution in [0.3, 0.4) is 0 Å². The van der Waals surface area contributed by atoms with Crippen LogP contribution in [0.5, 0.6) is 5.75 Å². The van der Waals surface area contributed by atoms with Crippen molar-refractivity contribution in [2.24, 2.45) is 0 Å². The molecule has 2 amide bonds. The van der Waals surface area contributed by atoms with E-state index in [0.717, 1.165) is 26.4 Å². The van der Waals surface area contributed by atoms with Crippen molar-refractivity contribution in [2.45, 2.75) is 45.3 Å². The van der Waals surface area contributed by atoms with Crippen LogP contribution in [0.25, 0.3) is 10.8 Å². The molecule has 4 aromatic rings. The monoisotopic (exact) mass is 572 g/mol. The summed E-state index contributed by atoms with van der Waals surface area (Å²) in [6.45, 7) is 5.90. The summed E-state index contributed by atoms with van der Waals surface area (Å²) in [5, 5.41) is 5.06. The smallest absolute Gasteiger partial charge is 0.261 e. The molecule has 0 saturated carbocycles. The highest BCUT2D eigenvalue weighted by molar-refractivity contribution is 9.10. The van der Waals surface area contributed by atoms with E-state index in [2.05, 4.69) is 21.2 Å². The molecule has 0 heterocycles. The van der Waals surface area contributed by atoms with Gasteiger partial charge in [-0.05, 0) is 55.5 Å². The Morgan fingerprint density at radius 2 is 1.53 bits per heavy atom. The summed E-state index contributed by atoms with van der Waals surface area (Å²) in [6, 6.07) is 30.5. The standard InChI is InChI=1S/C32H33BrN2O3/c1-32(2,3)34-31(37)28(20-23-11-5-4-6-12-23)35(21-24-13-9-16-26(33)19-24)30(36)22-38-29-18-10-15-25-14-7-8-17-27(25)29/h4-19,28H,20-22H2,1-3H3,(H,34,37). The third-order valence-corrected chi connectivity index (χ3v) is 6.61. The van der Waals surface area contributed by atoms with E-state index in [9.17, 15) is 9.59 Å². The summed E-state index contributed by atoms with van der Waals surface area (Å²) >= 11 is 3.53. The fourth-order valence-electron chi connectivity index (χ4n) is 4.38. The number of hydrogen-bond acceptors (Lipinski definition) is 3. The SMILES string of the molecule is CC(C)(C)NC(=O)C(Cc1ccccc1)N(Cc1cccc(Br)c1)C(=O)COc1cccc2ccccc12. The first-order valence-electron chi connectivity index (χ1n) is 12.7. The lowest BCUT2D eigenvalue weighted by Gasteiger charge is -2.33. The van der Waals surface area contributed by atoms with Gasteiger partial charge in [-0.25, -0.2) is 0 Å². The Morgan fingerprint density at radius 3 is 2.26 bits per heavy atom. The minimum Gasteiger partial charge on any atom is -0.483 e. The predicted octanol–water partition coefficient (Wildman–Crippen LogP) is 6.54. The zero-order valence-corrected chi connectivity index (χ0v) is 23.6. The van der Waals surface area contributed by atoms with E-state index in [4.69, 9.17) is 4.74 Å². The maximum absolute atomic E-state index is 13.9. The van der Waals surface area contributed by atoms with Gasteiger partial charge in [0, 0.05) is 28.4 Å². The zero-order valence-electron chi connectivity index (χ0n) is 22.0. The Bertz CT molecular complexity index is 1390. The number of rotatable bonds is 9. The van der Waals surface area contributed by atoms with Gasteiger partial charge in [-0.3, -0.25) is 9.59 Å². The average Bonchev–Trinajstić information content (AvgIpc) is 2.89. The summed E-state index contributed by atoms with van der Waals surface area (Å²) in [5.41, 5.74) is 1.44. The van der Waals surface area contributed by atoms with Crippen molar-refractivity contribution >= 4 is 38.5 Å². The van der Waals surface area contributed by atoms with Gasteiger partial charge in [-0.2, -0.15) is 0 Å². The number of halogens is 1. The van der Waals surface area contributed by atoms with Crippen molar-refractivity contribution < 1.29 is 14.3 Å². The second-order valence-electron chi connectivity index (χ2n) is 10.4. The molecule has 38 heavy (non-hydrogen) atoms. The fraction of sp³-hybridized carbons (Fsp3) is 0.250. The molecule has 5 nitrogen and oxygen atoms in total. The maximum atomic E-state index is 13.9. The number of nitrogens with zero attached hydrogens (tertiary/aromatic N) is 1. The highest BCUT2D eigenvalue weighted by Crippen LogP contribution is 2.26. The minimum atomic E-state index is -0.723. The third kappa shape index (κ3) is 7.45. The lowest BCUT2D eigenvalue weighted by molar-refractivity contribution is -0.143. The molecular formula is C32H33BrN2O3. The summed E-state index contributed by atoms with van der Waals surface area (Å²) in [7, 11) is 0. The van der Waals surface area contributed by atoms with Crippen LogP contribution in [-0.4, -0.2) is 34.9 Å². The lowest BCUT2D eigenvalue weighted by Crippen LogP contribution is -2.55. The molecule has 0 aliphatic heterocycles. The molecule has 0 radical (unpaired) electrons. The molecule has 0 spiro atoms. The van der Waals surface area contributed by atoms with Crippen LogP contribution >= 0.6 is 15.9 Å². The van der Waals surface area contributed by atoms with E-state index >= 15 is 0 Å². The first kappa shape index (κ1) is 27.4. The molecule has 1 atom stereocenters. The zero-order chi connectivity index (χ0) is 27.1. The summed E-state index contributed by atoms with van der Waals surface area (Å²) < 4.78 is 6.98. The van der Waals surface area contributed by atoms with Crippen LogP contribution in [-0.2, 0) is 22.6 Å². The quantitative estimate of drug-likeness (QED) is 0.248. The number of nitrogens with one attached hydrogen (secondary N) is 1. The molecule has 4 rings (SSSR count). The predicted molar refractivity (Wildman–Crippen MR) is 156 cm³/mol. The van der Waals surface area contributed by atoms with Gasteiger partial charge in [-0.1, -0.05) is 94.8 Å². The summed E-state index contributed by atoms with van der Waals surface area (Å²) in [6.07, 6.45) is 0.386. The largest absolute Gasteiger partial charge is 0.483 e. The van der Waals surface area contributed by atoms with Crippen molar-refractivity contribution in [3.63, 3.8) is 0 Å². The number of carbonyl (C=O) groups excluding carboxylic acids is 2. The van der Waals surface area contributed by atoms with Crippen LogP contribution in [0.4, 0.5) is 0 Å². The first-order chi connectivity index (χ1) is 18.2. The topological polar surface area (TPSA) is 58.6 Å². The fourth-order valence-corrected chi connectivity index (χ4v) is 4.83. The van der Waals surface area contributed by atoms with Crippen molar-refractivity contribution in [1.29, 1.82) is 0 Å². The Morgan fingerprint density at radius 1 is 0.868 bits per heavy atom. The molecule has 0 aromatic heterocycles. The van der Waals surface area contributed by atoms with E-state index in [1.165, 1.54) is 0 Å². The molecule has 1 unspecified atom stereocenters. The maximum Gasteiger partial charge on any atom is 0.261 e. The molecule has 6 heteroatoms. The van der Waals surface area contributed by atoms with E-state index < -0.39 is 11.6 Å². The minimum absolute atomic E-state index is 0.184. The molecular weight excluding hydrogens is 540 g/mol. The normalized spacial score (nSPS) is 12.1. The molecule has 0 saturated heterocycles. The molecule has 0 fully saturated rings. The first-order valence-corrected chi connectivity index (χ1v) is 13.5. The molecule has 0 bridgehead atoms. The summed E-state index contributed by atoms with van der Waals surface area (Å²) in [4.78, 5) is 29.2. The second-order valence-corrected chi connectivity index (χ2v) is 11.3. The Kier molecular flexibility index (Phi) is 8.85. The lowest BCUT2D eigenvalue weighted by atomic mass is 10.0. The number of ether oxygens (including phenoxy) is 1. The van der Waals surface area contributed by atoms with Gasteiger partial charge in [0.05, 0.1) is 0 Å². The van der Waals surface area contributed by atoms with Crippen LogP contribution in [0, 0.1) is 0 Å². The second kappa shape index (κ2) is 12.3. The van der Waals surface area contributed by atoms with Gasteiger partial charge in [0.25, 0.3) is 5.91 Å². The number of hydrogen-bond donors (Lipinski definition) is 1. The number of amides is 2. The van der Waals surface area contributed by atoms with Crippen molar-refractivity contribution in [3.8, 4) is 5.75 Å². The van der Waals surface area contributed by atoms with Crippen molar-refractivity contribution in [2.75, 3.05) is 6.61 Å². The number of carbonyl (C=O) groups is 2. The van der Waals surface area contributed by atoms with Gasteiger partial charge in [0.2, 0.25) is 5.91 Å². The highest BCUT2D eigenvalue weighted by atomic mass is 79.9. The van der Waals surface area contributed by atoms with E-state index in [1.54, 1.807) is 4.90 Å². The van der Waals surface area contributed by atoms with Crippen LogP contribution in [0.2, 0.25) is 0 Å². The number of fused-ring (bicyclic) bond motifs is 1. The molecule has 1 N–H and O–H groups in total. The van der Waals surface area contributed by atoms with E-state index in [0.29, 0.717) is 12.2 Å². The molecule has 4 aromatic carbocycles. The van der Waals surface area contributed by atoms with Crippen molar-refractivity contribution in [3.05, 3.63) is 113 Å². The summed E-state index contributed by atoms with van der Waals surface area (Å²) in [5.74, 6) is 0.176. The Hall–Kier alpha value is -3.64.